The molecule has 0 spiro atoms. The molecule has 1 aliphatic rings. The lowest BCUT2D eigenvalue weighted by Crippen LogP contribution is -2.33. The molecule has 0 amide bonds. The van der Waals surface area contributed by atoms with Crippen molar-refractivity contribution in [3.63, 3.8) is 0 Å². The van der Waals surface area contributed by atoms with Gasteiger partial charge in [-0.3, -0.25) is 0 Å². The van der Waals surface area contributed by atoms with E-state index in [4.69, 9.17) is 14.2 Å². The average molecular weight is 358 g/mol. The van der Waals surface area contributed by atoms with E-state index in [2.05, 4.69) is 18.7 Å². The van der Waals surface area contributed by atoms with Gasteiger partial charge in [-0.15, -0.1) is 12.4 Å². The van der Waals surface area contributed by atoms with Crippen molar-refractivity contribution in [2.24, 2.45) is 0 Å². The first kappa shape index (κ1) is 21.1. The molecule has 4 nitrogen and oxygen atoms in total. The second-order valence-electron chi connectivity index (χ2n) is 6.01. The molecule has 5 heteroatoms. The van der Waals surface area contributed by atoms with Gasteiger partial charge in [-0.25, -0.2) is 0 Å². The number of para-hydroxylation sites is 2. The third-order valence-corrected chi connectivity index (χ3v) is 4.28. The van der Waals surface area contributed by atoms with Crippen LogP contribution < -0.4 is 9.47 Å². The number of unbranched alkanes of at least 4 members (excludes halogenated alkanes) is 3. The Morgan fingerprint density at radius 2 is 1.75 bits per heavy atom. The van der Waals surface area contributed by atoms with Crippen LogP contribution >= 0.6 is 12.4 Å². The summed E-state index contributed by atoms with van der Waals surface area (Å²) in [6.07, 6.45) is 4.95. The molecule has 2 rings (SSSR count). The summed E-state index contributed by atoms with van der Waals surface area (Å²) in [5.41, 5.74) is 0. The minimum Gasteiger partial charge on any atom is -0.486 e. The van der Waals surface area contributed by atoms with Crippen molar-refractivity contribution in [2.75, 3.05) is 39.5 Å². The Morgan fingerprint density at radius 1 is 1.04 bits per heavy atom. The second-order valence-corrected chi connectivity index (χ2v) is 6.01. The predicted octanol–water partition coefficient (Wildman–Crippen LogP) is 4.17. The molecule has 0 aromatic heterocycles. The molecule has 1 aromatic rings. The quantitative estimate of drug-likeness (QED) is 0.556. The maximum absolute atomic E-state index is 5.87. The van der Waals surface area contributed by atoms with Crippen molar-refractivity contribution in [3.8, 4) is 11.5 Å². The number of rotatable bonds is 11. The van der Waals surface area contributed by atoms with Crippen LogP contribution in [0.4, 0.5) is 0 Å². The van der Waals surface area contributed by atoms with E-state index in [0.717, 1.165) is 37.6 Å². The molecule has 1 aromatic carbocycles. The Hall–Kier alpha value is -0.970. The first-order chi connectivity index (χ1) is 11.3. The van der Waals surface area contributed by atoms with Gasteiger partial charge in [0.05, 0.1) is 6.61 Å². The van der Waals surface area contributed by atoms with Gasteiger partial charge in [0.2, 0.25) is 0 Å². The molecule has 0 radical (unpaired) electrons. The molecule has 1 unspecified atom stereocenters. The van der Waals surface area contributed by atoms with Crippen LogP contribution in [-0.4, -0.2) is 50.5 Å². The van der Waals surface area contributed by atoms with Gasteiger partial charge in [0, 0.05) is 6.61 Å². The second kappa shape index (κ2) is 12.4. The SMILES string of the molecule is CCN(CC)CCCCCCOCC1COc2ccccc2O1.Cl. The summed E-state index contributed by atoms with van der Waals surface area (Å²) in [5, 5.41) is 0. The van der Waals surface area contributed by atoms with Gasteiger partial charge in [-0.2, -0.15) is 0 Å². The molecule has 24 heavy (non-hydrogen) atoms. The number of hydrogen-bond donors (Lipinski definition) is 0. The fourth-order valence-electron chi connectivity index (χ4n) is 2.79. The van der Waals surface area contributed by atoms with E-state index in [1.54, 1.807) is 0 Å². The van der Waals surface area contributed by atoms with Crippen molar-refractivity contribution in [2.45, 2.75) is 45.6 Å². The van der Waals surface area contributed by atoms with Crippen LogP contribution in [0.1, 0.15) is 39.5 Å². The maximum atomic E-state index is 5.87. The highest BCUT2D eigenvalue weighted by molar-refractivity contribution is 5.85. The zero-order chi connectivity index (χ0) is 16.3. The lowest BCUT2D eigenvalue weighted by Gasteiger charge is -2.26. The number of fused-ring (bicyclic) bond motifs is 1. The van der Waals surface area contributed by atoms with Crippen LogP contribution in [-0.2, 0) is 4.74 Å². The lowest BCUT2D eigenvalue weighted by molar-refractivity contribution is 0.00777. The zero-order valence-corrected chi connectivity index (χ0v) is 15.9. The standard InChI is InChI=1S/C19H31NO3.ClH/c1-3-20(4-2)13-9-5-6-10-14-21-15-17-16-22-18-11-7-8-12-19(18)23-17;/h7-8,11-12,17H,3-6,9-10,13-16H2,1-2H3;1H. The lowest BCUT2D eigenvalue weighted by atomic mass is 10.2. The Labute approximate surface area is 152 Å². The number of benzene rings is 1. The third-order valence-electron chi connectivity index (χ3n) is 4.28. The van der Waals surface area contributed by atoms with Crippen LogP contribution in [0.5, 0.6) is 11.5 Å². The highest BCUT2D eigenvalue weighted by Crippen LogP contribution is 2.30. The smallest absolute Gasteiger partial charge is 0.161 e. The van der Waals surface area contributed by atoms with E-state index in [1.165, 1.54) is 25.8 Å². The number of nitrogens with zero attached hydrogens (tertiary/aromatic N) is 1. The minimum absolute atomic E-state index is 0. The summed E-state index contributed by atoms with van der Waals surface area (Å²) >= 11 is 0. The predicted molar refractivity (Wildman–Crippen MR) is 101 cm³/mol. The van der Waals surface area contributed by atoms with Crippen LogP contribution in [0.3, 0.4) is 0 Å². The van der Waals surface area contributed by atoms with Gasteiger partial charge in [0.1, 0.15) is 6.61 Å². The molecule has 138 valence electrons. The van der Waals surface area contributed by atoms with Gasteiger partial charge in [0.15, 0.2) is 17.6 Å². The topological polar surface area (TPSA) is 30.9 Å². The monoisotopic (exact) mass is 357 g/mol. The summed E-state index contributed by atoms with van der Waals surface area (Å²) in [7, 11) is 0. The summed E-state index contributed by atoms with van der Waals surface area (Å²) < 4.78 is 17.3. The average Bonchev–Trinajstić information content (AvgIpc) is 2.60. The van der Waals surface area contributed by atoms with E-state index in [-0.39, 0.29) is 18.5 Å². The maximum Gasteiger partial charge on any atom is 0.161 e. The van der Waals surface area contributed by atoms with E-state index < -0.39 is 0 Å². The summed E-state index contributed by atoms with van der Waals surface area (Å²) in [5.74, 6) is 1.65. The molecule has 1 heterocycles. The molecule has 0 saturated carbocycles. The summed E-state index contributed by atoms with van der Waals surface area (Å²) in [4.78, 5) is 2.48. The first-order valence-electron chi connectivity index (χ1n) is 9.02. The largest absolute Gasteiger partial charge is 0.486 e. The Morgan fingerprint density at radius 3 is 2.50 bits per heavy atom. The molecule has 1 aliphatic heterocycles. The third kappa shape index (κ3) is 7.29. The molecule has 0 fully saturated rings. The van der Waals surface area contributed by atoms with Gasteiger partial charge < -0.3 is 19.1 Å². The fraction of sp³-hybridized carbons (Fsp3) is 0.684. The normalized spacial score (nSPS) is 16.0. The number of hydrogen-bond acceptors (Lipinski definition) is 4. The number of ether oxygens (including phenoxy) is 3. The zero-order valence-electron chi connectivity index (χ0n) is 15.0. The Bertz CT molecular complexity index is 440. The van der Waals surface area contributed by atoms with Crippen LogP contribution in [0, 0.1) is 0 Å². The van der Waals surface area contributed by atoms with Crippen molar-refractivity contribution in [1.29, 1.82) is 0 Å². The Balaban J connectivity index is 0.00000288. The Kier molecular flexibility index (Phi) is 10.9. The molecular weight excluding hydrogens is 326 g/mol. The first-order valence-corrected chi connectivity index (χ1v) is 9.02. The van der Waals surface area contributed by atoms with Crippen molar-refractivity contribution < 1.29 is 14.2 Å². The van der Waals surface area contributed by atoms with Gasteiger partial charge in [-0.1, -0.05) is 38.8 Å². The van der Waals surface area contributed by atoms with Crippen molar-refractivity contribution in [3.05, 3.63) is 24.3 Å². The molecule has 0 saturated heterocycles. The van der Waals surface area contributed by atoms with Crippen molar-refractivity contribution >= 4 is 12.4 Å². The minimum atomic E-state index is 0. The fourth-order valence-corrected chi connectivity index (χ4v) is 2.79. The van der Waals surface area contributed by atoms with Crippen LogP contribution in [0.2, 0.25) is 0 Å². The number of halogens is 1. The van der Waals surface area contributed by atoms with E-state index in [9.17, 15) is 0 Å². The molecule has 0 N–H and O–H groups in total. The molecular formula is C19H32ClNO3. The van der Waals surface area contributed by atoms with Gasteiger partial charge in [-0.05, 0) is 44.6 Å². The summed E-state index contributed by atoms with van der Waals surface area (Å²) in [6.45, 7) is 9.99. The van der Waals surface area contributed by atoms with Crippen molar-refractivity contribution in [1.82, 2.24) is 4.90 Å². The van der Waals surface area contributed by atoms with E-state index >= 15 is 0 Å². The molecule has 0 aliphatic carbocycles. The van der Waals surface area contributed by atoms with E-state index in [1.807, 2.05) is 24.3 Å². The highest BCUT2D eigenvalue weighted by Gasteiger charge is 2.20. The highest BCUT2D eigenvalue weighted by atomic mass is 35.5. The van der Waals surface area contributed by atoms with E-state index in [0.29, 0.717) is 13.2 Å². The van der Waals surface area contributed by atoms with Crippen LogP contribution in [0.25, 0.3) is 0 Å². The van der Waals surface area contributed by atoms with Gasteiger partial charge in [0.25, 0.3) is 0 Å². The van der Waals surface area contributed by atoms with Crippen LogP contribution in [0.15, 0.2) is 24.3 Å². The molecule has 0 bridgehead atoms. The van der Waals surface area contributed by atoms with Gasteiger partial charge >= 0.3 is 0 Å². The summed E-state index contributed by atoms with van der Waals surface area (Å²) in [6, 6.07) is 7.80. The molecule has 1 atom stereocenters.